The predicted octanol–water partition coefficient (Wildman–Crippen LogP) is 6.00. The molecule has 0 aliphatic carbocycles. The normalized spacial score (nSPS) is 22.9. The fraction of sp³-hybridized carbons (Fsp3) is 0.412. The Balaban J connectivity index is 1.17. The van der Waals surface area contributed by atoms with Crippen LogP contribution in [0.1, 0.15) is 46.0 Å². The van der Waals surface area contributed by atoms with E-state index in [1.54, 1.807) is 30.3 Å². The molecular formula is C34H35Cl2FN4O5. The fourth-order valence-electron chi connectivity index (χ4n) is 7.18. The van der Waals surface area contributed by atoms with Crippen molar-refractivity contribution in [1.29, 1.82) is 0 Å². The van der Waals surface area contributed by atoms with Gasteiger partial charge < -0.3 is 34.2 Å². The van der Waals surface area contributed by atoms with Crippen LogP contribution in [0.2, 0.25) is 10.0 Å². The Morgan fingerprint density at radius 1 is 1.00 bits per heavy atom. The molecule has 242 valence electrons. The number of likely N-dealkylation sites (N-methyl/N-ethyl adjacent to an activating group) is 1. The first-order valence-corrected chi connectivity index (χ1v) is 16.3. The monoisotopic (exact) mass is 668 g/mol. The van der Waals surface area contributed by atoms with E-state index in [4.69, 9.17) is 32.7 Å². The summed E-state index contributed by atoms with van der Waals surface area (Å²) in [5, 5.41) is 10.5. The molecule has 0 saturated carbocycles. The second-order valence-electron chi connectivity index (χ2n) is 12.6. The van der Waals surface area contributed by atoms with Gasteiger partial charge in [0.15, 0.2) is 6.73 Å². The van der Waals surface area contributed by atoms with Gasteiger partial charge in [-0.1, -0.05) is 41.4 Å². The van der Waals surface area contributed by atoms with Crippen molar-refractivity contribution in [1.82, 2.24) is 9.80 Å². The largest absolute Gasteiger partial charge is 0.478 e. The summed E-state index contributed by atoms with van der Waals surface area (Å²) in [7, 11) is 2.10. The average Bonchev–Trinajstić information content (AvgIpc) is 3.28. The van der Waals surface area contributed by atoms with Gasteiger partial charge in [-0.15, -0.1) is 0 Å². The van der Waals surface area contributed by atoms with Crippen LogP contribution in [0, 0.1) is 5.82 Å². The number of nitrogens with zero attached hydrogens (tertiary/aromatic N) is 4. The van der Waals surface area contributed by atoms with E-state index in [9.17, 15) is 14.7 Å². The van der Waals surface area contributed by atoms with Crippen LogP contribution in [-0.2, 0) is 11.3 Å². The summed E-state index contributed by atoms with van der Waals surface area (Å²) in [5.41, 5.74) is 2.88. The van der Waals surface area contributed by atoms with E-state index in [1.165, 1.54) is 4.90 Å². The number of para-hydroxylation sites is 1. The third-order valence-corrected chi connectivity index (χ3v) is 10.4. The molecule has 0 aromatic heterocycles. The van der Waals surface area contributed by atoms with Gasteiger partial charge in [-0.25, -0.2) is 9.18 Å². The maximum atomic E-state index is 15.7. The molecule has 46 heavy (non-hydrogen) atoms. The first-order valence-electron chi connectivity index (χ1n) is 15.5. The van der Waals surface area contributed by atoms with Crippen molar-refractivity contribution in [2.24, 2.45) is 0 Å². The van der Waals surface area contributed by atoms with E-state index < -0.39 is 11.8 Å². The number of aromatic carboxylic acids is 1. The van der Waals surface area contributed by atoms with Crippen LogP contribution < -0.4 is 14.5 Å². The number of piperazine rings is 1. The van der Waals surface area contributed by atoms with Crippen molar-refractivity contribution in [3.63, 3.8) is 0 Å². The Kier molecular flexibility index (Phi) is 8.25. The van der Waals surface area contributed by atoms with Gasteiger partial charge in [0, 0.05) is 48.1 Å². The average molecular weight is 670 g/mol. The summed E-state index contributed by atoms with van der Waals surface area (Å²) in [6.07, 6.45) is 1.77. The SMILES string of the molecule is CC1CN(c2cc(Cl)c(C(=O)N3COc4c(cccc4-c4cc(N5C6CCC5COC6)c(C(=O)O)cc4F)C3)c(Cl)c2)CCN1C. The summed E-state index contributed by atoms with van der Waals surface area (Å²) >= 11 is 13.4. The minimum Gasteiger partial charge on any atom is -0.478 e. The van der Waals surface area contributed by atoms with Gasteiger partial charge in [0.1, 0.15) is 11.6 Å². The summed E-state index contributed by atoms with van der Waals surface area (Å²) in [4.78, 5) is 34.1. The Morgan fingerprint density at radius 2 is 1.72 bits per heavy atom. The van der Waals surface area contributed by atoms with Crippen LogP contribution in [-0.4, -0.2) is 91.5 Å². The molecule has 1 amide bonds. The highest BCUT2D eigenvalue weighted by molar-refractivity contribution is 6.40. The number of morpholine rings is 1. The molecule has 1 N–H and O–H groups in total. The van der Waals surface area contributed by atoms with Crippen molar-refractivity contribution in [3.05, 3.63) is 75.0 Å². The van der Waals surface area contributed by atoms with E-state index in [0.29, 0.717) is 41.8 Å². The summed E-state index contributed by atoms with van der Waals surface area (Å²) < 4.78 is 27.5. The molecule has 7 rings (SSSR count). The lowest BCUT2D eigenvalue weighted by atomic mass is 9.96. The topological polar surface area (TPSA) is 85.8 Å². The van der Waals surface area contributed by atoms with Crippen molar-refractivity contribution < 1.29 is 28.6 Å². The lowest BCUT2D eigenvalue weighted by Gasteiger charge is -2.39. The van der Waals surface area contributed by atoms with E-state index >= 15 is 4.39 Å². The third kappa shape index (κ3) is 5.45. The van der Waals surface area contributed by atoms with Gasteiger partial charge in [0.25, 0.3) is 5.91 Å². The number of ether oxygens (including phenoxy) is 2. The Bertz CT molecular complexity index is 1680. The van der Waals surface area contributed by atoms with E-state index in [-0.39, 0.29) is 58.0 Å². The molecule has 12 heteroatoms. The number of carbonyl (C=O) groups excluding carboxylic acids is 1. The van der Waals surface area contributed by atoms with Gasteiger partial charge in [0.2, 0.25) is 0 Å². The molecule has 3 aromatic rings. The van der Waals surface area contributed by atoms with Gasteiger partial charge >= 0.3 is 5.97 Å². The molecule has 3 unspecified atom stereocenters. The molecule has 9 nitrogen and oxygen atoms in total. The van der Waals surface area contributed by atoms with Crippen molar-refractivity contribution in [2.45, 2.75) is 44.4 Å². The zero-order valence-corrected chi connectivity index (χ0v) is 27.2. The van der Waals surface area contributed by atoms with Crippen LogP contribution in [0.25, 0.3) is 11.1 Å². The second-order valence-corrected chi connectivity index (χ2v) is 13.4. The number of carbonyl (C=O) groups is 2. The Morgan fingerprint density at radius 3 is 2.39 bits per heavy atom. The highest BCUT2D eigenvalue weighted by Gasteiger charge is 2.40. The first-order chi connectivity index (χ1) is 22.1. The van der Waals surface area contributed by atoms with Crippen molar-refractivity contribution in [2.75, 3.05) is 56.4 Å². The van der Waals surface area contributed by atoms with Crippen LogP contribution >= 0.6 is 23.2 Å². The molecular weight excluding hydrogens is 634 g/mol. The van der Waals surface area contributed by atoms with E-state index in [1.807, 2.05) is 6.07 Å². The smallest absolute Gasteiger partial charge is 0.337 e. The van der Waals surface area contributed by atoms with Gasteiger partial charge in [-0.2, -0.15) is 0 Å². The minimum atomic E-state index is -1.18. The highest BCUT2D eigenvalue weighted by atomic mass is 35.5. The first kappa shape index (κ1) is 31.1. The van der Waals surface area contributed by atoms with Gasteiger partial charge in [-0.05, 0) is 51.1 Å². The molecule has 0 spiro atoms. The molecule has 4 aliphatic rings. The molecule has 0 radical (unpaired) electrons. The number of benzene rings is 3. The van der Waals surface area contributed by atoms with Crippen LogP contribution in [0.15, 0.2) is 42.5 Å². The number of hydrogen-bond donors (Lipinski definition) is 1. The standard InChI is InChI=1S/C34H35Cl2FN4O5/c1-19-14-39(9-8-38(19)2)23-10-27(35)31(28(36)11-23)33(42)40-15-20-4-3-5-24(32(20)46-18-40)25-13-30(26(34(43)44)12-29(25)37)41-21-6-7-22(41)17-45-16-21/h3-5,10-13,19,21-22H,6-9,14-18H2,1-2H3,(H,43,44). The number of anilines is 2. The maximum absolute atomic E-state index is 15.7. The minimum absolute atomic E-state index is 0.0357. The van der Waals surface area contributed by atoms with E-state index in [0.717, 1.165) is 44.2 Å². The highest BCUT2D eigenvalue weighted by Crippen LogP contribution is 2.43. The summed E-state index contributed by atoms with van der Waals surface area (Å²) in [6, 6.07) is 12.1. The van der Waals surface area contributed by atoms with Gasteiger partial charge in [0.05, 0.1) is 58.7 Å². The van der Waals surface area contributed by atoms with Crippen molar-refractivity contribution in [3.8, 4) is 16.9 Å². The van der Waals surface area contributed by atoms with Crippen LogP contribution in [0.3, 0.4) is 0 Å². The van der Waals surface area contributed by atoms with Crippen LogP contribution in [0.5, 0.6) is 5.75 Å². The third-order valence-electron chi connectivity index (χ3n) is 9.80. The number of amides is 1. The zero-order valence-electron chi connectivity index (χ0n) is 25.6. The number of carboxylic acids is 1. The maximum Gasteiger partial charge on any atom is 0.337 e. The zero-order chi connectivity index (χ0) is 32.3. The predicted molar refractivity (Wildman–Crippen MR) is 175 cm³/mol. The number of halogens is 3. The molecule has 3 saturated heterocycles. The molecule has 2 bridgehead atoms. The molecule has 3 atom stereocenters. The Hall–Kier alpha value is -3.57. The van der Waals surface area contributed by atoms with E-state index in [2.05, 4.69) is 28.7 Å². The molecule has 4 aliphatic heterocycles. The van der Waals surface area contributed by atoms with Crippen molar-refractivity contribution >= 4 is 46.5 Å². The molecule has 3 fully saturated rings. The number of rotatable bonds is 5. The summed E-state index contributed by atoms with van der Waals surface area (Å²) in [5.74, 6) is -1.77. The quantitative estimate of drug-likeness (QED) is 0.355. The Labute approximate surface area is 277 Å². The number of carboxylic acid groups (broad SMARTS) is 1. The summed E-state index contributed by atoms with van der Waals surface area (Å²) in [6.45, 7) is 5.83. The second kappa shape index (κ2) is 12.2. The number of hydrogen-bond acceptors (Lipinski definition) is 7. The van der Waals surface area contributed by atoms with Gasteiger partial charge in [-0.3, -0.25) is 4.79 Å². The molecule has 3 aromatic carbocycles. The molecule has 4 heterocycles. The number of fused-ring (bicyclic) bond motifs is 3. The fourth-order valence-corrected chi connectivity index (χ4v) is 7.82. The lowest BCUT2D eigenvalue weighted by molar-refractivity contribution is 0.0516. The lowest BCUT2D eigenvalue weighted by Crippen LogP contribution is -2.50. The van der Waals surface area contributed by atoms with Crippen LogP contribution in [0.4, 0.5) is 15.8 Å².